The van der Waals surface area contributed by atoms with Crippen LogP contribution >= 0.6 is 0 Å². The minimum absolute atomic E-state index is 0.294. The van der Waals surface area contributed by atoms with Gasteiger partial charge in [-0.1, -0.05) is 26.2 Å². The van der Waals surface area contributed by atoms with Crippen molar-refractivity contribution in [3.63, 3.8) is 0 Å². The minimum Gasteiger partial charge on any atom is -0.395 e. The Morgan fingerprint density at radius 2 is 1.94 bits per heavy atom. The van der Waals surface area contributed by atoms with Gasteiger partial charge >= 0.3 is 0 Å². The van der Waals surface area contributed by atoms with E-state index in [0.29, 0.717) is 12.6 Å². The van der Waals surface area contributed by atoms with E-state index in [0.717, 1.165) is 31.5 Å². The summed E-state index contributed by atoms with van der Waals surface area (Å²) in [6.45, 7) is 6.96. The van der Waals surface area contributed by atoms with Crippen molar-refractivity contribution in [3.05, 3.63) is 0 Å². The molecule has 0 aromatic rings. The number of nitrogens with one attached hydrogen (secondary N) is 1. The van der Waals surface area contributed by atoms with E-state index in [1.54, 1.807) is 0 Å². The second-order valence-electron chi connectivity index (χ2n) is 6.43. The first kappa shape index (κ1) is 14.3. The van der Waals surface area contributed by atoms with Crippen molar-refractivity contribution in [1.29, 1.82) is 0 Å². The summed E-state index contributed by atoms with van der Waals surface area (Å²) in [5, 5.41) is 12.8. The van der Waals surface area contributed by atoms with Crippen LogP contribution in [-0.4, -0.2) is 48.8 Å². The molecule has 2 atom stereocenters. The highest BCUT2D eigenvalue weighted by molar-refractivity contribution is 4.82. The average molecular weight is 254 g/mol. The lowest BCUT2D eigenvalue weighted by Crippen LogP contribution is -2.50. The number of hydrogen-bond donors (Lipinski definition) is 2. The Bertz CT molecular complexity index is 229. The molecule has 0 amide bonds. The molecule has 2 fully saturated rings. The van der Waals surface area contributed by atoms with Crippen molar-refractivity contribution in [1.82, 2.24) is 10.2 Å². The molecule has 0 aromatic heterocycles. The van der Waals surface area contributed by atoms with Crippen molar-refractivity contribution >= 4 is 0 Å². The number of likely N-dealkylation sites (tertiary alicyclic amines) is 1. The summed E-state index contributed by atoms with van der Waals surface area (Å²) in [5.41, 5.74) is 0. The van der Waals surface area contributed by atoms with Crippen molar-refractivity contribution < 1.29 is 5.11 Å². The van der Waals surface area contributed by atoms with E-state index in [4.69, 9.17) is 5.11 Å². The van der Waals surface area contributed by atoms with Crippen LogP contribution in [0.5, 0.6) is 0 Å². The van der Waals surface area contributed by atoms with E-state index >= 15 is 0 Å². The highest BCUT2D eigenvalue weighted by Crippen LogP contribution is 2.23. The zero-order valence-corrected chi connectivity index (χ0v) is 11.9. The van der Waals surface area contributed by atoms with Crippen molar-refractivity contribution in [3.8, 4) is 0 Å². The Balaban J connectivity index is 1.70. The molecule has 1 aliphatic heterocycles. The summed E-state index contributed by atoms with van der Waals surface area (Å²) >= 11 is 0. The molecule has 1 saturated heterocycles. The van der Waals surface area contributed by atoms with Gasteiger partial charge in [0, 0.05) is 25.7 Å². The average Bonchev–Trinajstić information content (AvgIpc) is 2.37. The predicted octanol–water partition coefficient (Wildman–Crippen LogP) is 1.86. The molecule has 0 bridgehead atoms. The van der Waals surface area contributed by atoms with Gasteiger partial charge in [-0.25, -0.2) is 0 Å². The van der Waals surface area contributed by atoms with Crippen LogP contribution < -0.4 is 5.32 Å². The molecule has 0 spiro atoms. The molecule has 3 nitrogen and oxygen atoms in total. The maximum atomic E-state index is 9.06. The summed E-state index contributed by atoms with van der Waals surface area (Å²) in [6.07, 6.45) is 8.47. The van der Waals surface area contributed by atoms with Crippen LogP contribution in [-0.2, 0) is 0 Å². The topological polar surface area (TPSA) is 35.5 Å². The molecule has 3 heteroatoms. The maximum absolute atomic E-state index is 9.06. The van der Waals surface area contributed by atoms with Crippen molar-refractivity contribution in [2.45, 2.75) is 51.5 Å². The number of β-amino-alcohol motifs (C(OH)–C–C–N with tert-alkyl or cyclic N) is 1. The van der Waals surface area contributed by atoms with Gasteiger partial charge in [0.15, 0.2) is 0 Å². The normalized spacial score (nSPS) is 31.7. The number of aliphatic hydroxyl groups is 1. The molecule has 1 saturated carbocycles. The van der Waals surface area contributed by atoms with Crippen LogP contribution in [0.4, 0.5) is 0 Å². The third-order valence-corrected chi connectivity index (χ3v) is 4.57. The first-order chi connectivity index (χ1) is 8.78. The molecular formula is C15H30N2O. The Labute approximate surface area is 112 Å². The summed E-state index contributed by atoms with van der Waals surface area (Å²) in [4.78, 5) is 2.41. The van der Waals surface area contributed by atoms with Gasteiger partial charge in [0.05, 0.1) is 6.61 Å². The first-order valence-electron chi connectivity index (χ1n) is 7.84. The molecular weight excluding hydrogens is 224 g/mol. The Morgan fingerprint density at radius 3 is 2.67 bits per heavy atom. The van der Waals surface area contributed by atoms with Crippen LogP contribution in [0, 0.1) is 11.8 Å². The lowest BCUT2D eigenvalue weighted by atomic mass is 9.88. The molecule has 106 valence electrons. The fraction of sp³-hybridized carbons (Fsp3) is 1.00. The molecule has 2 N–H and O–H groups in total. The maximum Gasteiger partial charge on any atom is 0.0558 e. The van der Waals surface area contributed by atoms with Crippen LogP contribution in [0.1, 0.15) is 45.4 Å². The highest BCUT2D eigenvalue weighted by atomic mass is 16.3. The fourth-order valence-corrected chi connectivity index (χ4v) is 3.66. The van der Waals surface area contributed by atoms with Crippen molar-refractivity contribution in [2.24, 2.45) is 11.8 Å². The second-order valence-corrected chi connectivity index (χ2v) is 6.43. The monoisotopic (exact) mass is 254 g/mol. The molecule has 18 heavy (non-hydrogen) atoms. The van der Waals surface area contributed by atoms with E-state index in [-0.39, 0.29) is 0 Å². The van der Waals surface area contributed by atoms with E-state index in [9.17, 15) is 0 Å². The van der Waals surface area contributed by atoms with Gasteiger partial charge in [0.25, 0.3) is 0 Å². The van der Waals surface area contributed by atoms with Gasteiger partial charge in [-0.2, -0.15) is 0 Å². The SMILES string of the molecule is CC1CC(NCC2CCCCC2)CN(CCO)C1. The van der Waals surface area contributed by atoms with E-state index in [1.807, 2.05) is 0 Å². The second kappa shape index (κ2) is 7.46. The smallest absolute Gasteiger partial charge is 0.0558 e. The van der Waals surface area contributed by atoms with Crippen LogP contribution in [0.15, 0.2) is 0 Å². The summed E-state index contributed by atoms with van der Waals surface area (Å²) < 4.78 is 0. The Morgan fingerprint density at radius 1 is 1.17 bits per heavy atom. The molecule has 2 aliphatic rings. The third kappa shape index (κ3) is 4.52. The summed E-state index contributed by atoms with van der Waals surface area (Å²) in [6, 6.07) is 0.641. The van der Waals surface area contributed by atoms with Gasteiger partial charge < -0.3 is 10.4 Å². The van der Waals surface area contributed by atoms with E-state index in [1.165, 1.54) is 45.1 Å². The van der Waals surface area contributed by atoms with Gasteiger partial charge in [-0.3, -0.25) is 4.90 Å². The first-order valence-corrected chi connectivity index (χ1v) is 7.84. The van der Waals surface area contributed by atoms with Crippen molar-refractivity contribution in [2.75, 3.05) is 32.8 Å². The Hall–Kier alpha value is -0.120. The van der Waals surface area contributed by atoms with Gasteiger partial charge in [0.1, 0.15) is 0 Å². The zero-order valence-electron chi connectivity index (χ0n) is 11.9. The third-order valence-electron chi connectivity index (χ3n) is 4.57. The number of piperidine rings is 1. The van der Waals surface area contributed by atoms with Gasteiger partial charge in [-0.15, -0.1) is 0 Å². The molecule has 2 rings (SSSR count). The minimum atomic E-state index is 0.294. The van der Waals surface area contributed by atoms with E-state index in [2.05, 4.69) is 17.1 Å². The zero-order chi connectivity index (χ0) is 12.8. The predicted molar refractivity (Wildman–Crippen MR) is 75.7 cm³/mol. The number of aliphatic hydroxyl groups excluding tert-OH is 1. The van der Waals surface area contributed by atoms with Crippen LogP contribution in [0.2, 0.25) is 0 Å². The largest absolute Gasteiger partial charge is 0.395 e. The molecule has 0 radical (unpaired) electrons. The lowest BCUT2D eigenvalue weighted by Gasteiger charge is -2.37. The number of nitrogens with zero attached hydrogens (tertiary/aromatic N) is 1. The summed E-state index contributed by atoms with van der Waals surface area (Å²) in [7, 11) is 0. The molecule has 0 aromatic carbocycles. The molecule has 1 aliphatic carbocycles. The van der Waals surface area contributed by atoms with Gasteiger partial charge in [-0.05, 0) is 37.6 Å². The molecule has 2 unspecified atom stereocenters. The van der Waals surface area contributed by atoms with Gasteiger partial charge in [0.2, 0.25) is 0 Å². The summed E-state index contributed by atoms with van der Waals surface area (Å²) in [5.74, 6) is 1.68. The quantitative estimate of drug-likeness (QED) is 0.786. The standard InChI is InChI=1S/C15H30N2O/c1-13-9-15(12-17(11-13)7-8-18)16-10-14-5-3-2-4-6-14/h13-16,18H,2-12H2,1H3. The Kier molecular flexibility index (Phi) is 5.93. The van der Waals surface area contributed by atoms with Crippen LogP contribution in [0.25, 0.3) is 0 Å². The van der Waals surface area contributed by atoms with E-state index < -0.39 is 0 Å². The molecule has 1 heterocycles. The fourth-order valence-electron chi connectivity index (χ4n) is 3.66. The highest BCUT2D eigenvalue weighted by Gasteiger charge is 2.24. The lowest BCUT2D eigenvalue weighted by molar-refractivity contribution is 0.119. The number of hydrogen-bond acceptors (Lipinski definition) is 3. The number of rotatable bonds is 5. The van der Waals surface area contributed by atoms with Crippen LogP contribution in [0.3, 0.4) is 0 Å².